The Morgan fingerprint density at radius 3 is 2.29 bits per heavy atom. The van der Waals surface area contributed by atoms with Crippen molar-refractivity contribution in [1.82, 2.24) is 9.21 Å². The van der Waals surface area contributed by atoms with Crippen LogP contribution in [0.3, 0.4) is 0 Å². The van der Waals surface area contributed by atoms with E-state index < -0.39 is 16.1 Å². The summed E-state index contributed by atoms with van der Waals surface area (Å²) in [6.07, 6.45) is 5.92. The molecule has 4 rings (SSSR count). The molecule has 2 amide bonds. The van der Waals surface area contributed by atoms with Crippen molar-refractivity contribution in [3.63, 3.8) is 0 Å². The smallest absolute Gasteiger partial charge is 0.254 e. The zero-order valence-electron chi connectivity index (χ0n) is 20.1. The van der Waals surface area contributed by atoms with Gasteiger partial charge in [-0.2, -0.15) is 4.31 Å². The summed E-state index contributed by atoms with van der Waals surface area (Å²) in [5.74, 6) is -0.170. The predicted octanol–water partition coefficient (Wildman–Crippen LogP) is 3.89. The zero-order chi connectivity index (χ0) is 24.8. The van der Waals surface area contributed by atoms with Crippen LogP contribution in [0.1, 0.15) is 55.3 Å². The van der Waals surface area contributed by atoms with Gasteiger partial charge in [0.15, 0.2) is 0 Å². The van der Waals surface area contributed by atoms with E-state index in [0.29, 0.717) is 37.4 Å². The van der Waals surface area contributed by atoms with Crippen LogP contribution in [0.4, 0.5) is 5.69 Å². The van der Waals surface area contributed by atoms with Gasteiger partial charge in [-0.05, 0) is 62.4 Å². The number of piperidine rings is 1. The zero-order valence-corrected chi connectivity index (χ0v) is 20.9. The van der Waals surface area contributed by atoms with E-state index in [0.717, 1.165) is 38.5 Å². The van der Waals surface area contributed by atoms with Gasteiger partial charge in [0.05, 0.1) is 17.7 Å². The second-order valence-electron chi connectivity index (χ2n) is 9.05. The molecule has 2 aromatic carbocycles. The third-order valence-corrected chi connectivity index (χ3v) is 8.61. The van der Waals surface area contributed by atoms with Crippen LogP contribution >= 0.6 is 0 Å². The van der Waals surface area contributed by atoms with E-state index in [-0.39, 0.29) is 22.4 Å². The van der Waals surface area contributed by atoms with Gasteiger partial charge < -0.3 is 15.0 Å². The summed E-state index contributed by atoms with van der Waals surface area (Å²) in [5.41, 5.74) is 0.821. The molecule has 9 heteroatoms. The minimum absolute atomic E-state index is 0.122. The van der Waals surface area contributed by atoms with Crippen LogP contribution in [0.15, 0.2) is 53.4 Å². The Morgan fingerprint density at radius 2 is 1.60 bits per heavy atom. The molecule has 2 heterocycles. The highest BCUT2D eigenvalue weighted by Crippen LogP contribution is 2.31. The van der Waals surface area contributed by atoms with Crippen LogP contribution in [0, 0.1) is 0 Å². The second-order valence-corrected chi connectivity index (χ2v) is 11.0. The maximum atomic E-state index is 13.4. The number of benzene rings is 2. The summed E-state index contributed by atoms with van der Waals surface area (Å²) in [6.45, 7) is 1.48. The van der Waals surface area contributed by atoms with Gasteiger partial charge in [-0.1, -0.05) is 31.0 Å². The van der Waals surface area contributed by atoms with Gasteiger partial charge in [-0.3, -0.25) is 9.59 Å². The Morgan fingerprint density at radius 1 is 0.914 bits per heavy atom. The van der Waals surface area contributed by atoms with Crippen molar-refractivity contribution in [2.24, 2.45) is 0 Å². The molecule has 0 spiro atoms. The number of rotatable bonds is 6. The van der Waals surface area contributed by atoms with Gasteiger partial charge in [0.2, 0.25) is 15.9 Å². The van der Waals surface area contributed by atoms with Crippen molar-refractivity contribution in [3.8, 4) is 5.75 Å². The number of carbonyl (C=O) groups excluding carboxylic acids is 2. The molecule has 0 bridgehead atoms. The van der Waals surface area contributed by atoms with E-state index >= 15 is 0 Å². The average molecular weight is 500 g/mol. The lowest BCUT2D eigenvalue weighted by atomic mass is 10.00. The molecule has 0 aliphatic carbocycles. The predicted molar refractivity (Wildman–Crippen MR) is 134 cm³/mol. The molecule has 35 heavy (non-hydrogen) atoms. The summed E-state index contributed by atoms with van der Waals surface area (Å²) in [6, 6.07) is 12.8. The molecule has 2 aliphatic rings. The molecule has 0 aromatic heterocycles. The third kappa shape index (κ3) is 5.67. The Kier molecular flexibility index (Phi) is 8.07. The number of hydrogen-bond donors (Lipinski definition) is 1. The monoisotopic (exact) mass is 499 g/mol. The standard InChI is InChI=1S/C26H33N3O5S/c1-34-24-15-14-21(35(32,33)28-16-8-2-3-9-17-28)19-22(24)27-25(30)23-13-7-10-18-29(23)26(31)20-11-5-4-6-12-20/h4-6,11-12,14-15,19,23H,2-3,7-10,13,16-18H2,1H3,(H,27,30). The fourth-order valence-corrected chi connectivity index (χ4v) is 6.33. The highest BCUT2D eigenvalue weighted by atomic mass is 32.2. The number of anilines is 1. The highest BCUT2D eigenvalue weighted by molar-refractivity contribution is 7.89. The SMILES string of the molecule is COc1ccc(S(=O)(=O)N2CCCCCC2)cc1NC(=O)C1CCCCN1C(=O)c1ccccc1. The summed E-state index contributed by atoms with van der Waals surface area (Å²) < 4.78 is 33.5. The molecule has 2 aromatic rings. The Hall–Kier alpha value is -2.91. The van der Waals surface area contributed by atoms with Crippen LogP contribution in [0.2, 0.25) is 0 Å². The first kappa shape index (κ1) is 25.2. The third-order valence-electron chi connectivity index (χ3n) is 6.72. The van der Waals surface area contributed by atoms with E-state index in [1.165, 1.54) is 23.5 Å². The van der Waals surface area contributed by atoms with Crippen LogP contribution in [-0.2, 0) is 14.8 Å². The fraction of sp³-hybridized carbons (Fsp3) is 0.462. The molecular formula is C26H33N3O5S. The number of carbonyl (C=O) groups is 2. The number of amides is 2. The van der Waals surface area contributed by atoms with E-state index in [2.05, 4.69) is 5.32 Å². The van der Waals surface area contributed by atoms with Crippen molar-refractivity contribution in [1.29, 1.82) is 0 Å². The summed E-state index contributed by atoms with van der Waals surface area (Å²) in [4.78, 5) is 28.2. The lowest BCUT2D eigenvalue weighted by Crippen LogP contribution is -2.50. The molecule has 2 aliphatic heterocycles. The number of hydrogen-bond acceptors (Lipinski definition) is 5. The van der Waals surface area contributed by atoms with Gasteiger partial charge in [-0.15, -0.1) is 0 Å². The first-order valence-corrected chi connectivity index (χ1v) is 13.7. The van der Waals surface area contributed by atoms with Crippen LogP contribution < -0.4 is 10.1 Å². The molecule has 2 saturated heterocycles. The van der Waals surface area contributed by atoms with Crippen LogP contribution in [-0.4, -0.2) is 62.2 Å². The highest BCUT2D eigenvalue weighted by Gasteiger charge is 2.33. The maximum absolute atomic E-state index is 13.4. The normalized spacial score (nSPS) is 19.6. The van der Waals surface area contributed by atoms with Gasteiger partial charge in [0, 0.05) is 25.2 Å². The minimum atomic E-state index is -3.69. The van der Waals surface area contributed by atoms with Crippen molar-refractivity contribution < 1.29 is 22.7 Å². The largest absolute Gasteiger partial charge is 0.495 e. The molecule has 0 saturated carbocycles. The Balaban J connectivity index is 1.57. The molecule has 1 N–H and O–H groups in total. The summed E-state index contributed by atoms with van der Waals surface area (Å²) >= 11 is 0. The fourth-order valence-electron chi connectivity index (χ4n) is 4.79. The first-order chi connectivity index (χ1) is 16.9. The topological polar surface area (TPSA) is 96.0 Å². The maximum Gasteiger partial charge on any atom is 0.254 e. The Labute approximate surface area is 207 Å². The van der Waals surface area contributed by atoms with E-state index in [1.807, 2.05) is 6.07 Å². The van der Waals surface area contributed by atoms with E-state index in [9.17, 15) is 18.0 Å². The number of nitrogens with zero attached hydrogens (tertiary/aromatic N) is 2. The van der Waals surface area contributed by atoms with Crippen LogP contribution in [0.25, 0.3) is 0 Å². The van der Waals surface area contributed by atoms with Crippen molar-refractivity contribution in [3.05, 3.63) is 54.1 Å². The number of ether oxygens (including phenoxy) is 1. The van der Waals surface area contributed by atoms with Gasteiger partial charge in [-0.25, -0.2) is 8.42 Å². The van der Waals surface area contributed by atoms with Gasteiger partial charge in [0.1, 0.15) is 11.8 Å². The molecule has 188 valence electrons. The van der Waals surface area contributed by atoms with Crippen LogP contribution in [0.5, 0.6) is 5.75 Å². The van der Waals surface area contributed by atoms with E-state index in [4.69, 9.17) is 4.74 Å². The van der Waals surface area contributed by atoms with Gasteiger partial charge in [0.25, 0.3) is 5.91 Å². The molecule has 0 radical (unpaired) electrons. The first-order valence-electron chi connectivity index (χ1n) is 12.3. The number of likely N-dealkylation sites (tertiary alicyclic amines) is 1. The number of sulfonamides is 1. The van der Waals surface area contributed by atoms with E-state index in [1.54, 1.807) is 35.2 Å². The summed E-state index contributed by atoms with van der Waals surface area (Å²) in [7, 11) is -2.22. The molecule has 1 atom stereocenters. The second kappa shape index (κ2) is 11.2. The minimum Gasteiger partial charge on any atom is -0.495 e. The number of nitrogens with one attached hydrogen (secondary N) is 1. The average Bonchev–Trinajstić information content (AvgIpc) is 3.19. The molecule has 8 nitrogen and oxygen atoms in total. The Bertz CT molecular complexity index is 1140. The molecule has 2 fully saturated rings. The van der Waals surface area contributed by atoms with Crippen molar-refractivity contribution in [2.45, 2.75) is 55.9 Å². The quantitative estimate of drug-likeness (QED) is 0.651. The molecular weight excluding hydrogens is 466 g/mol. The number of methoxy groups -OCH3 is 1. The summed E-state index contributed by atoms with van der Waals surface area (Å²) in [5, 5.41) is 2.85. The lowest BCUT2D eigenvalue weighted by molar-refractivity contribution is -0.121. The molecule has 1 unspecified atom stereocenters. The van der Waals surface area contributed by atoms with Gasteiger partial charge >= 0.3 is 0 Å². The lowest BCUT2D eigenvalue weighted by Gasteiger charge is -2.35. The van der Waals surface area contributed by atoms with Crippen molar-refractivity contribution >= 4 is 27.5 Å². The van der Waals surface area contributed by atoms with Crippen molar-refractivity contribution in [2.75, 3.05) is 32.1 Å².